The second-order valence-corrected chi connectivity index (χ2v) is 8.77. The Labute approximate surface area is 196 Å². The molecular weight excluding hydrogens is 485 g/mol. The summed E-state index contributed by atoms with van der Waals surface area (Å²) in [5.41, 5.74) is -3.35. The Bertz CT molecular complexity index is 1070. The van der Waals surface area contributed by atoms with Crippen molar-refractivity contribution in [2.24, 2.45) is 0 Å². The molecule has 33 heavy (non-hydrogen) atoms. The van der Waals surface area contributed by atoms with Gasteiger partial charge in [0.25, 0.3) is 5.91 Å². The van der Waals surface area contributed by atoms with Gasteiger partial charge in [0.1, 0.15) is 5.00 Å². The molecule has 0 saturated carbocycles. The number of amides is 1. The van der Waals surface area contributed by atoms with E-state index in [2.05, 4.69) is 10.1 Å². The highest BCUT2D eigenvalue weighted by atomic mass is 35.5. The number of ether oxygens (including phenoxy) is 2. The number of rotatable bonds is 6. The number of halogens is 4. The molecule has 2 aromatic rings. The van der Waals surface area contributed by atoms with Crippen LogP contribution < -0.4 is 10.6 Å². The maximum Gasteiger partial charge on any atom is 0.441 e. The second-order valence-electron chi connectivity index (χ2n) is 7.23. The third kappa shape index (κ3) is 4.79. The van der Waals surface area contributed by atoms with E-state index in [0.717, 1.165) is 38.4 Å². The Morgan fingerprint density at radius 1 is 1.03 bits per heavy atom. The van der Waals surface area contributed by atoms with Gasteiger partial charge in [-0.05, 0) is 55.5 Å². The van der Waals surface area contributed by atoms with Crippen molar-refractivity contribution < 1.29 is 37.0 Å². The van der Waals surface area contributed by atoms with Gasteiger partial charge in [-0.2, -0.15) is 13.2 Å². The van der Waals surface area contributed by atoms with Crippen LogP contribution in [0.2, 0.25) is 5.02 Å². The summed E-state index contributed by atoms with van der Waals surface area (Å²) in [4.78, 5) is 38.4. The lowest BCUT2D eigenvalue weighted by Gasteiger charge is -2.34. The molecule has 0 spiro atoms. The fourth-order valence-corrected chi connectivity index (χ4v) is 4.99. The van der Waals surface area contributed by atoms with Gasteiger partial charge < -0.3 is 20.1 Å². The summed E-state index contributed by atoms with van der Waals surface area (Å²) in [6.07, 6.45) is -2.74. The zero-order valence-corrected chi connectivity index (χ0v) is 19.2. The van der Waals surface area contributed by atoms with Gasteiger partial charge in [0, 0.05) is 15.5 Å². The number of hydrogen-bond acceptors (Lipinski definition) is 7. The lowest BCUT2D eigenvalue weighted by Crippen LogP contribution is -2.69. The number of benzene rings is 1. The van der Waals surface area contributed by atoms with Gasteiger partial charge in [0.05, 0.1) is 19.8 Å². The smallest absolute Gasteiger partial charge is 0.441 e. The monoisotopic (exact) mass is 504 g/mol. The fourth-order valence-electron chi connectivity index (χ4n) is 3.53. The molecule has 1 aliphatic rings. The number of alkyl halides is 3. The van der Waals surface area contributed by atoms with Crippen molar-refractivity contribution in [2.75, 3.05) is 19.5 Å². The Kier molecular flexibility index (Phi) is 7.23. The number of methoxy groups -OCH3 is 2. The maximum atomic E-state index is 14.4. The van der Waals surface area contributed by atoms with Crippen molar-refractivity contribution in [3.8, 4) is 0 Å². The molecule has 3 rings (SSSR count). The van der Waals surface area contributed by atoms with E-state index in [1.54, 1.807) is 5.32 Å². The van der Waals surface area contributed by atoms with Crippen LogP contribution in [0.3, 0.4) is 0 Å². The molecule has 1 aliphatic carbocycles. The van der Waals surface area contributed by atoms with Gasteiger partial charge in [-0.15, -0.1) is 11.3 Å². The minimum absolute atomic E-state index is 0.0875. The Balaban J connectivity index is 2.12. The van der Waals surface area contributed by atoms with Crippen molar-refractivity contribution in [3.63, 3.8) is 0 Å². The lowest BCUT2D eigenvalue weighted by atomic mass is 9.95. The summed E-state index contributed by atoms with van der Waals surface area (Å²) in [6, 6.07) is 5.06. The van der Waals surface area contributed by atoms with Crippen molar-refractivity contribution in [3.05, 3.63) is 50.9 Å². The Morgan fingerprint density at radius 2 is 1.67 bits per heavy atom. The predicted octanol–water partition coefficient (Wildman–Crippen LogP) is 4.34. The highest BCUT2D eigenvalue weighted by molar-refractivity contribution is 7.16. The van der Waals surface area contributed by atoms with Gasteiger partial charge in [-0.3, -0.25) is 4.79 Å². The number of nitrogens with one attached hydrogen (secondary N) is 2. The Morgan fingerprint density at radius 3 is 2.24 bits per heavy atom. The summed E-state index contributed by atoms with van der Waals surface area (Å²) < 4.78 is 52.5. The van der Waals surface area contributed by atoms with Crippen LogP contribution in [0, 0.1) is 0 Å². The van der Waals surface area contributed by atoms with Crippen molar-refractivity contribution in [1.82, 2.24) is 5.32 Å². The van der Waals surface area contributed by atoms with Crippen LogP contribution >= 0.6 is 22.9 Å². The summed E-state index contributed by atoms with van der Waals surface area (Å²) in [5.74, 6) is -3.86. The van der Waals surface area contributed by atoms with Gasteiger partial charge >= 0.3 is 23.8 Å². The van der Waals surface area contributed by atoms with Crippen molar-refractivity contribution in [2.45, 2.75) is 37.5 Å². The molecule has 0 fully saturated rings. The normalized spacial score (nSPS) is 15.1. The zero-order valence-electron chi connectivity index (χ0n) is 17.6. The van der Waals surface area contributed by atoms with E-state index in [1.807, 2.05) is 0 Å². The van der Waals surface area contributed by atoms with Crippen LogP contribution in [0.5, 0.6) is 0 Å². The molecule has 1 amide bonds. The standard InChI is InChI=1S/C21H20ClF3N2O5S/c1-31-18(29)15-13-5-3-4-6-14(13)33-17(15)27-20(19(30)32-2,21(23,24)25)26-16(28)11-7-9-12(22)10-8-11/h7-10,27H,3-6H2,1-2H3,(H,26,28). The number of carbonyl (C=O) groups excluding carboxylic acids is 3. The summed E-state index contributed by atoms with van der Waals surface area (Å²) in [6.45, 7) is 0. The number of fused-ring (bicyclic) bond motifs is 1. The fraction of sp³-hybridized carbons (Fsp3) is 0.381. The minimum atomic E-state index is -5.35. The van der Waals surface area contributed by atoms with E-state index in [1.165, 1.54) is 24.3 Å². The topological polar surface area (TPSA) is 93.7 Å². The molecule has 178 valence electrons. The molecule has 0 bridgehead atoms. The van der Waals surface area contributed by atoms with E-state index in [-0.39, 0.29) is 21.2 Å². The Hall–Kier alpha value is -2.79. The van der Waals surface area contributed by atoms with Crippen LogP contribution in [-0.4, -0.2) is 43.9 Å². The van der Waals surface area contributed by atoms with Gasteiger partial charge in [0.15, 0.2) is 0 Å². The highest BCUT2D eigenvalue weighted by Crippen LogP contribution is 2.42. The molecule has 0 radical (unpaired) electrons. The molecule has 1 aromatic carbocycles. The van der Waals surface area contributed by atoms with Crippen molar-refractivity contribution >= 4 is 45.8 Å². The van der Waals surface area contributed by atoms with Gasteiger partial charge in [-0.25, -0.2) is 9.59 Å². The average molecular weight is 505 g/mol. The van der Waals surface area contributed by atoms with Gasteiger partial charge in [0.2, 0.25) is 0 Å². The molecule has 7 nitrogen and oxygen atoms in total. The number of esters is 2. The third-order valence-electron chi connectivity index (χ3n) is 5.19. The van der Waals surface area contributed by atoms with E-state index in [9.17, 15) is 27.6 Å². The quantitative estimate of drug-likeness (QED) is 0.449. The first-order valence-corrected chi connectivity index (χ1v) is 11.0. The van der Waals surface area contributed by atoms with Crippen molar-refractivity contribution in [1.29, 1.82) is 0 Å². The zero-order chi connectivity index (χ0) is 24.4. The van der Waals surface area contributed by atoms with E-state index >= 15 is 0 Å². The number of thiophene rings is 1. The molecule has 1 unspecified atom stereocenters. The average Bonchev–Trinajstić information content (AvgIpc) is 3.14. The maximum absolute atomic E-state index is 14.4. The number of aryl methyl sites for hydroxylation is 1. The summed E-state index contributed by atoms with van der Waals surface area (Å²) >= 11 is 6.69. The van der Waals surface area contributed by atoms with E-state index < -0.39 is 29.7 Å². The van der Waals surface area contributed by atoms with Crippen LogP contribution in [-0.2, 0) is 27.1 Å². The highest BCUT2D eigenvalue weighted by Gasteiger charge is 2.64. The summed E-state index contributed by atoms with van der Waals surface area (Å²) in [7, 11) is 1.87. The number of hydrogen-bond donors (Lipinski definition) is 2. The molecule has 2 N–H and O–H groups in total. The van der Waals surface area contributed by atoms with Crippen LogP contribution in [0.1, 0.15) is 44.0 Å². The van der Waals surface area contributed by atoms with Crippen LogP contribution in [0.4, 0.5) is 18.2 Å². The van der Waals surface area contributed by atoms with E-state index in [0.29, 0.717) is 23.3 Å². The van der Waals surface area contributed by atoms with Crippen LogP contribution in [0.25, 0.3) is 0 Å². The molecule has 1 aromatic heterocycles. The molecule has 1 atom stereocenters. The largest absolute Gasteiger partial charge is 0.466 e. The van der Waals surface area contributed by atoms with Crippen LogP contribution in [0.15, 0.2) is 24.3 Å². The first-order valence-electron chi connectivity index (χ1n) is 9.78. The molecule has 0 saturated heterocycles. The molecule has 0 aliphatic heterocycles. The first kappa shape index (κ1) is 24.8. The lowest BCUT2D eigenvalue weighted by molar-refractivity contribution is -0.203. The summed E-state index contributed by atoms with van der Waals surface area (Å²) in [5, 5.41) is 3.86. The predicted molar refractivity (Wildman–Crippen MR) is 116 cm³/mol. The third-order valence-corrected chi connectivity index (χ3v) is 6.65. The van der Waals surface area contributed by atoms with E-state index in [4.69, 9.17) is 16.3 Å². The second kappa shape index (κ2) is 9.60. The molecule has 12 heteroatoms. The number of anilines is 1. The first-order chi connectivity index (χ1) is 15.5. The SMILES string of the molecule is COC(=O)c1c(NC(NC(=O)c2ccc(Cl)cc2)(C(=O)OC)C(F)(F)F)sc2c1CCCC2. The minimum Gasteiger partial charge on any atom is -0.466 e. The van der Waals surface area contributed by atoms with Gasteiger partial charge in [-0.1, -0.05) is 11.6 Å². The molecule has 1 heterocycles. The molecular formula is C21H20ClF3N2O5S. The number of carbonyl (C=O) groups is 3.